The fraction of sp³-hybridized carbons (Fsp3) is 0.600. The predicted octanol–water partition coefficient (Wildman–Crippen LogP) is 1.95. The van der Waals surface area contributed by atoms with Gasteiger partial charge in [-0.2, -0.15) is 0 Å². The third kappa shape index (κ3) is 3.83. The molecule has 0 heterocycles. The van der Waals surface area contributed by atoms with E-state index in [-0.39, 0.29) is 6.61 Å². The largest absolute Gasteiger partial charge is 0.231 e. The van der Waals surface area contributed by atoms with Gasteiger partial charge >= 0.3 is 0 Å². The second kappa shape index (κ2) is 4.16. The first-order valence-electron chi connectivity index (χ1n) is 2.24. The van der Waals surface area contributed by atoms with Crippen LogP contribution in [0.25, 0.3) is 0 Å². The number of allylic oxidation sites excluding steroid dienone is 1. The Bertz CT molecular complexity index is 68.5. The first-order chi connectivity index (χ1) is 3.31. The molecular formula is C5H8ClO. The lowest BCUT2D eigenvalue weighted by Gasteiger charge is -1.82. The van der Waals surface area contributed by atoms with Gasteiger partial charge in [-0.05, 0) is 6.42 Å². The van der Waals surface area contributed by atoms with E-state index in [4.69, 9.17) is 11.6 Å². The van der Waals surface area contributed by atoms with E-state index in [0.29, 0.717) is 5.03 Å². The van der Waals surface area contributed by atoms with E-state index in [1.54, 1.807) is 6.08 Å². The number of halogens is 1. The van der Waals surface area contributed by atoms with Crippen LogP contribution in [-0.4, -0.2) is 6.61 Å². The number of hydrogen-bond donors (Lipinski definition) is 0. The maximum absolute atomic E-state index is 9.82. The second-order valence-electron chi connectivity index (χ2n) is 1.20. The Labute approximate surface area is 48.6 Å². The third-order valence-electron chi connectivity index (χ3n) is 0.564. The van der Waals surface area contributed by atoms with Crippen molar-refractivity contribution < 1.29 is 5.11 Å². The van der Waals surface area contributed by atoms with Crippen LogP contribution in [0.4, 0.5) is 0 Å². The maximum Gasteiger partial charge on any atom is 0.117 e. The van der Waals surface area contributed by atoms with Crippen LogP contribution in [0.5, 0.6) is 0 Å². The molecule has 2 heteroatoms. The standard InChI is InChI=1S/C5H8ClO/c1-2-3-5(6)4-7/h3H,2,4H2,1H3/b5-3-. The summed E-state index contributed by atoms with van der Waals surface area (Å²) < 4.78 is 0. The summed E-state index contributed by atoms with van der Waals surface area (Å²) in [7, 11) is 0. The lowest BCUT2D eigenvalue weighted by Crippen LogP contribution is -1.75. The predicted molar refractivity (Wildman–Crippen MR) is 29.8 cm³/mol. The van der Waals surface area contributed by atoms with Gasteiger partial charge in [-0.15, -0.1) is 0 Å². The minimum Gasteiger partial charge on any atom is -0.231 e. The highest BCUT2D eigenvalue weighted by atomic mass is 35.5. The van der Waals surface area contributed by atoms with E-state index in [0.717, 1.165) is 6.42 Å². The van der Waals surface area contributed by atoms with Crippen LogP contribution in [-0.2, 0) is 5.11 Å². The zero-order valence-electron chi connectivity index (χ0n) is 4.28. The van der Waals surface area contributed by atoms with Gasteiger partial charge in [-0.25, -0.2) is 5.11 Å². The molecular weight excluding hydrogens is 112 g/mol. The highest BCUT2D eigenvalue weighted by Crippen LogP contribution is 1.99. The summed E-state index contributed by atoms with van der Waals surface area (Å²) in [5.41, 5.74) is 0. The lowest BCUT2D eigenvalue weighted by molar-refractivity contribution is 0.229. The molecule has 0 aliphatic rings. The lowest BCUT2D eigenvalue weighted by atomic mass is 10.4. The van der Waals surface area contributed by atoms with Gasteiger partial charge in [0.05, 0.1) is 0 Å². The van der Waals surface area contributed by atoms with Gasteiger partial charge in [-0.3, -0.25) is 0 Å². The van der Waals surface area contributed by atoms with Crippen molar-refractivity contribution in [2.24, 2.45) is 0 Å². The van der Waals surface area contributed by atoms with Gasteiger partial charge < -0.3 is 0 Å². The van der Waals surface area contributed by atoms with E-state index < -0.39 is 0 Å². The normalized spacial score (nSPS) is 12.1. The number of rotatable bonds is 2. The van der Waals surface area contributed by atoms with Crippen molar-refractivity contribution in [3.8, 4) is 0 Å². The third-order valence-corrected chi connectivity index (χ3v) is 0.827. The summed E-state index contributed by atoms with van der Waals surface area (Å²) in [6.07, 6.45) is 2.57. The topological polar surface area (TPSA) is 19.9 Å². The molecule has 0 fully saturated rings. The Balaban J connectivity index is 3.29. The van der Waals surface area contributed by atoms with Gasteiger partial charge in [0.15, 0.2) is 0 Å². The van der Waals surface area contributed by atoms with Crippen molar-refractivity contribution in [1.29, 1.82) is 0 Å². The quantitative estimate of drug-likeness (QED) is 0.530. The molecule has 0 aromatic rings. The average molecular weight is 120 g/mol. The summed E-state index contributed by atoms with van der Waals surface area (Å²) in [6, 6.07) is 0. The molecule has 7 heavy (non-hydrogen) atoms. The molecule has 0 spiro atoms. The van der Waals surface area contributed by atoms with Gasteiger partial charge in [0.25, 0.3) is 0 Å². The van der Waals surface area contributed by atoms with Crippen LogP contribution in [0.2, 0.25) is 0 Å². The van der Waals surface area contributed by atoms with Crippen molar-refractivity contribution in [3.63, 3.8) is 0 Å². The molecule has 1 radical (unpaired) electrons. The van der Waals surface area contributed by atoms with Crippen molar-refractivity contribution in [1.82, 2.24) is 0 Å². The van der Waals surface area contributed by atoms with E-state index >= 15 is 0 Å². The van der Waals surface area contributed by atoms with Crippen LogP contribution < -0.4 is 0 Å². The van der Waals surface area contributed by atoms with E-state index in [1.165, 1.54) is 0 Å². The molecule has 0 N–H and O–H groups in total. The van der Waals surface area contributed by atoms with E-state index in [9.17, 15) is 5.11 Å². The van der Waals surface area contributed by atoms with E-state index in [2.05, 4.69) is 0 Å². The fourth-order valence-corrected chi connectivity index (χ4v) is 0.435. The van der Waals surface area contributed by atoms with Crippen LogP contribution in [0.3, 0.4) is 0 Å². The molecule has 0 saturated carbocycles. The molecule has 1 nitrogen and oxygen atoms in total. The van der Waals surface area contributed by atoms with Crippen LogP contribution in [0, 0.1) is 0 Å². The SMILES string of the molecule is CC/C=C(\Cl)C[O]. The zero-order valence-corrected chi connectivity index (χ0v) is 5.03. The molecule has 0 rings (SSSR count). The van der Waals surface area contributed by atoms with Crippen molar-refractivity contribution in [2.45, 2.75) is 13.3 Å². The summed E-state index contributed by atoms with van der Waals surface area (Å²) >= 11 is 5.31. The van der Waals surface area contributed by atoms with Crippen LogP contribution in [0.15, 0.2) is 11.1 Å². The highest BCUT2D eigenvalue weighted by molar-refractivity contribution is 6.29. The van der Waals surface area contributed by atoms with E-state index in [1.807, 2.05) is 6.92 Å². The molecule has 0 aromatic carbocycles. The van der Waals surface area contributed by atoms with Crippen LogP contribution in [0.1, 0.15) is 13.3 Å². The minimum absolute atomic E-state index is 0.282. The molecule has 0 saturated heterocycles. The zero-order chi connectivity index (χ0) is 5.70. The Kier molecular flexibility index (Phi) is 4.15. The smallest absolute Gasteiger partial charge is 0.117 e. The van der Waals surface area contributed by atoms with Crippen LogP contribution >= 0.6 is 11.6 Å². The molecule has 0 aromatic heterocycles. The molecule has 0 unspecified atom stereocenters. The average Bonchev–Trinajstić information content (AvgIpc) is 1.68. The van der Waals surface area contributed by atoms with Crippen molar-refractivity contribution >= 4 is 11.6 Å². The van der Waals surface area contributed by atoms with Gasteiger partial charge in [0.1, 0.15) is 6.61 Å². The summed E-state index contributed by atoms with van der Waals surface area (Å²) in [6.45, 7) is 1.66. The fourth-order valence-electron chi connectivity index (χ4n) is 0.280. The summed E-state index contributed by atoms with van der Waals surface area (Å²) in [5.74, 6) is 0. The number of hydrogen-bond acceptors (Lipinski definition) is 0. The Morgan fingerprint density at radius 2 is 2.43 bits per heavy atom. The molecule has 0 aliphatic carbocycles. The molecule has 41 valence electrons. The Morgan fingerprint density at radius 1 is 1.86 bits per heavy atom. The monoisotopic (exact) mass is 119 g/mol. The van der Waals surface area contributed by atoms with Crippen molar-refractivity contribution in [2.75, 3.05) is 6.61 Å². The van der Waals surface area contributed by atoms with Crippen molar-refractivity contribution in [3.05, 3.63) is 11.1 Å². The highest BCUT2D eigenvalue weighted by Gasteiger charge is 1.83. The minimum atomic E-state index is -0.282. The first-order valence-corrected chi connectivity index (χ1v) is 2.61. The molecule has 0 amide bonds. The van der Waals surface area contributed by atoms with Gasteiger partial charge in [0, 0.05) is 5.03 Å². The molecule has 0 atom stereocenters. The maximum atomic E-state index is 9.82. The summed E-state index contributed by atoms with van der Waals surface area (Å²) in [5, 5.41) is 10.2. The molecule has 0 aliphatic heterocycles. The Morgan fingerprint density at radius 3 is 2.57 bits per heavy atom. The second-order valence-corrected chi connectivity index (χ2v) is 1.69. The Hall–Kier alpha value is -0.0100. The van der Waals surface area contributed by atoms with Gasteiger partial charge in [0.2, 0.25) is 0 Å². The molecule has 0 bridgehead atoms. The first kappa shape index (κ1) is 6.99. The van der Waals surface area contributed by atoms with Gasteiger partial charge in [-0.1, -0.05) is 24.6 Å². The summed E-state index contributed by atoms with van der Waals surface area (Å²) in [4.78, 5) is 0.